The Morgan fingerprint density at radius 3 is 2.83 bits per heavy atom. The van der Waals surface area contributed by atoms with Gasteiger partial charge >= 0.3 is 0 Å². The molecule has 0 saturated heterocycles. The topological polar surface area (TPSA) is 46.3 Å². The van der Waals surface area contributed by atoms with Crippen LogP contribution in [0.4, 0.5) is 0 Å². The standard InChI is InChI=1S/C12H17BrN2OS.ClH/c1-15(6-9-5-8(13)7-17-9)12(16)10-3-2-4-11(10)14;/h5,7,10-11H,2-4,6,14H2,1H3;1H. The van der Waals surface area contributed by atoms with E-state index in [2.05, 4.69) is 22.0 Å². The second kappa shape index (κ2) is 6.89. The van der Waals surface area contributed by atoms with Crippen molar-refractivity contribution in [3.05, 3.63) is 20.8 Å². The lowest BCUT2D eigenvalue weighted by molar-refractivity contribution is -0.134. The van der Waals surface area contributed by atoms with Crippen LogP contribution in [0.5, 0.6) is 0 Å². The summed E-state index contributed by atoms with van der Waals surface area (Å²) >= 11 is 5.09. The zero-order valence-corrected chi connectivity index (χ0v) is 13.5. The van der Waals surface area contributed by atoms with Gasteiger partial charge in [-0.3, -0.25) is 4.79 Å². The van der Waals surface area contributed by atoms with Gasteiger partial charge in [-0.25, -0.2) is 0 Å². The number of carbonyl (C=O) groups excluding carboxylic acids is 1. The number of amides is 1. The molecule has 18 heavy (non-hydrogen) atoms. The Hall–Kier alpha value is -0.100. The molecule has 1 aliphatic rings. The second-order valence-corrected chi connectivity index (χ2v) is 6.54. The van der Waals surface area contributed by atoms with Crippen LogP contribution in [-0.2, 0) is 11.3 Å². The van der Waals surface area contributed by atoms with E-state index in [0.717, 1.165) is 23.7 Å². The molecule has 102 valence electrons. The van der Waals surface area contributed by atoms with E-state index in [0.29, 0.717) is 6.54 Å². The zero-order valence-electron chi connectivity index (χ0n) is 10.3. The Morgan fingerprint density at radius 1 is 1.61 bits per heavy atom. The summed E-state index contributed by atoms with van der Waals surface area (Å²) in [5, 5.41) is 2.04. The molecule has 2 N–H and O–H groups in total. The third-order valence-corrected chi connectivity index (χ3v) is 4.96. The van der Waals surface area contributed by atoms with Gasteiger partial charge in [0.1, 0.15) is 0 Å². The lowest BCUT2D eigenvalue weighted by Gasteiger charge is -2.22. The van der Waals surface area contributed by atoms with Gasteiger partial charge in [0.05, 0.1) is 12.5 Å². The minimum atomic E-state index is 0. The number of hydrogen-bond donors (Lipinski definition) is 1. The van der Waals surface area contributed by atoms with Gasteiger partial charge in [-0.15, -0.1) is 23.7 Å². The van der Waals surface area contributed by atoms with Crippen molar-refractivity contribution >= 4 is 45.6 Å². The molecule has 0 radical (unpaired) electrons. The molecule has 2 unspecified atom stereocenters. The first-order valence-electron chi connectivity index (χ1n) is 5.81. The lowest BCUT2D eigenvalue weighted by Crippen LogP contribution is -2.39. The summed E-state index contributed by atoms with van der Waals surface area (Å²) in [4.78, 5) is 15.2. The number of nitrogens with two attached hydrogens (primary N) is 1. The molecule has 1 heterocycles. The highest BCUT2D eigenvalue weighted by molar-refractivity contribution is 9.10. The van der Waals surface area contributed by atoms with E-state index in [1.807, 2.05) is 12.4 Å². The molecule has 1 amide bonds. The molecule has 1 fully saturated rings. The van der Waals surface area contributed by atoms with Crippen molar-refractivity contribution in [3.8, 4) is 0 Å². The Balaban J connectivity index is 0.00000162. The van der Waals surface area contributed by atoms with Gasteiger partial charge in [-0.2, -0.15) is 0 Å². The van der Waals surface area contributed by atoms with Crippen LogP contribution in [0.25, 0.3) is 0 Å². The minimum absolute atomic E-state index is 0. The molecular weight excluding hydrogens is 336 g/mol. The molecule has 0 bridgehead atoms. The van der Waals surface area contributed by atoms with Gasteiger partial charge in [0, 0.05) is 27.8 Å². The Morgan fingerprint density at radius 2 is 2.33 bits per heavy atom. The summed E-state index contributed by atoms with van der Waals surface area (Å²) in [6.07, 6.45) is 3.00. The Kier molecular flexibility index (Phi) is 6.11. The number of nitrogens with zero attached hydrogens (tertiary/aromatic N) is 1. The van der Waals surface area contributed by atoms with E-state index in [1.54, 1.807) is 16.2 Å². The molecule has 3 nitrogen and oxygen atoms in total. The van der Waals surface area contributed by atoms with E-state index in [9.17, 15) is 4.79 Å². The predicted molar refractivity (Wildman–Crippen MR) is 81.1 cm³/mol. The van der Waals surface area contributed by atoms with Crippen LogP contribution in [0.15, 0.2) is 15.9 Å². The van der Waals surface area contributed by atoms with Crippen molar-refractivity contribution < 1.29 is 4.79 Å². The van der Waals surface area contributed by atoms with Gasteiger partial charge < -0.3 is 10.6 Å². The molecule has 1 saturated carbocycles. The van der Waals surface area contributed by atoms with E-state index in [4.69, 9.17) is 5.73 Å². The molecule has 1 aliphatic carbocycles. The fourth-order valence-electron chi connectivity index (χ4n) is 2.33. The normalized spacial score (nSPS) is 22.6. The zero-order chi connectivity index (χ0) is 12.4. The lowest BCUT2D eigenvalue weighted by atomic mass is 10.0. The Labute approximate surface area is 126 Å². The fourth-order valence-corrected chi connectivity index (χ4v) is 3.83. The van der Waals surface area contributed by atoms with Crippen LogP contribution in [0.3, 0.4) is 0 Å². The highest BCUT2D eigenvalue weighted by atomic mass is 79.9. The summed E-state index contributed by atoms with van der Waals surface area (Å²) in [7, 11) is 1.86. The largest absolute Gasteiger partial charge is 0.340 e. The molecule has 2 rings (SSSR count). The van der Waals surface area contributed by atoms with Crippen molar-refractivity contribution in [3.63, 3.8) is 0 Å². The van der Waals surface area contributed by atoms with Crippen LogP contribution in [0.1, 0.15) is 24.1 Å². The van der Waals surface area contributed by atoms with E-state index < -0.39 is 0 Å². The van der Waals surface area contributed by atoms with Gasteiger partial charge in [0.15, 0.2) is 0 Å². The SMILES string of the molecule is CN(Cc1cc(Br)cs1)C(=O)C1CCCC1N.Cl. The summed E-state index contributed by atoms with van der Waals surface area (Å²) in [5.74, 6) is 0.225. The van der Waals surface area contributed by atoms with Crippen LogP contribution in [0, 0.1) is 5.92 Å². The van der Waals surface area contributed by atoms with Crippen LogP contribution < -0.4 is 5.73 Å². The van der Waals surface area contributed by atoms with Crippen LogP contribution in [-0.4, -0.2) is 23.9 Å². The van der Waals surface area contributed by atoms with Gasteiger partial charge in [0.25, 0.3) is 0 Å². The van der Waals surface area contributed by atoms with Crippen molar-refractivity contribution in [2.24, 2.45) is 11.7 Å². The highest BCUT2D eigenvalue weighted by Crippen LogP contribution is 2.27. The van der Waals surface area contributed by atoms with Crippen molar-refractivity contribution in [2.75, 3.05) is 7.05 Å². The number of thiophene rings is 1. The number of halogens is 2. The average molecular weight is 354 g/mol. The van der Waals surface area contributed by atoms with Gasteiger partial charge in [-0.05, 0) is 34.8 Å². The van der Waals surface area contributed by atoms with Crippen LogP contribution >= 0.6 is 39.7 Å². The first-order valence-corrected chi connectivity index (χ1v) is 7.48. The summed E-state index contributed by atoms with van der Waals surface area (Å²) in [6, 6.07) is 2.11. The molecule has 0 aliphatic heterocycles. The van der Waals surface area contributed by atoms with Crippen LogP contribution in [0.2, 0.25) is 0 Å². The quantitative estimate of drug-likeness (QED) is 0.908. The van der Waals surface area contributed by atoms with Crippen molar-refractivity contribution in [1.82, 2.24) is 4.90 Å². The highest BCUT2D eigenvalue weighted by Gasteiger charge is 2.32. The van der Waals surface area contributed by atoms with E-state index >= 15 is 0 Å². The second-order valence-electron chi connectivity index (χ2n) is 4.63. The van der Waals surface area contributed by atoms with E-state index in [1.165, 1.54) is 4.88 Å². The van der Waals surface area contributed by atoms with E-state index in [-0.39, 0.29) is 30.3 Å². The fraction of sp³-hybridized carbons (Fsp3) is 0.583. The molecule has 6 heteroatoms. The smallest absolute Gasteiger partial charge is 0.227 e. The third-order valence-electron chi connectivity index (χ3n) is 3.28. The van der Waals surface area contributed by atoms with Gasteiger partial charge in [-0.1, -0.05) is 6.42 Å². The number of hydrogen-bond acceptors (Lipinski definition) is 3. The molecule has 1 aromatic heterocycles. The summed E-state index contributed by atoms with van der Waals surface area (Å²) < 4.78 is 1.08. The molecule has 2 atom stereocenters. The monoisotopic (exact) mass is 352 g/mol. The third kappa shape index (κ3) is 3.70. The first kappa shape index (κ1) is 16.0. The van der Waals surface area contributed by atoms with Crippen molar-refractivity contribution in [1.29, 1.82) is 0 Å². The van der Waals surface area contributed by atoms with Crippen molar-refractivity contribution in [2.45, 2.75) is 31.8 Å². The minimum Gasteiger partial charge on any atom is -0.340 e. The summed E-state index contributed by atoms with van der Waals surface area (Å²) in [5.41, 5.74) is 5.96. The predicted octanol–water partition coefficient (Wildman–Crippen LogP) is 3.02. The molecular formula is C12H18BrClN2OS. The average Bonchev–Trinajstić information content (AvgIpc) is 2.86. The Bertz CT molecular complexity index is 413. The van der Waals surface area contributed by atoms with Gasteiger partial charge in [0.2, 0.25) is 5.91 Å². The maximum Gasteiger partial charge on any atom is 0.227 e. The summed E-state index contributed by atoms with van der Waals surface area (Å²) in [6.45, 7) is 0.679. The maximum atomic E-state index is 12.2. The maximum absolute atomic E-state index is 12.2. The molecule has 1 aromatic rings. The number of carbonyl (C=O) groups is 1. The first-order chi connectivity index (χ1) is 8.08. The number of rotatable bonds is 3. The molecule has 0 spiro atoms. The molecule has 0 aromatic carbocycles.